The van der Waals surface area contributed by atoms with E-state index in [1.165, 1.54) is 0 Å². The number of anilines is 3. The Labute approximate surface area is 172 Å². The fraction of sp³-hybridized carbons (Fsp3) is 0.304. The topological polar surface area (TPSA) is 79.5 Å². The number of para-hydroxylation sites is 2. The van der Waals surface area contributed by atoms with E-state index in [0.29, 0.717) is 30.2 Å². The van der Waals surface area contributed by atoms with Crippen molar-refractivity contribution in [2.45, 2.75) is 32.6 Å². The molecule has 2 rings (SSSR count). The third kappa shape index (κ3) is 8.09. The lowest BCUT2D eigenvalue weighted by Gasteiger charge is -2.13. The second-order valence-electron chi connectivity index (χ2n) is 6.58. The van der Waals surface area contributed by atoms with E-state index in [2.05, 4.69) is 29.5 Å². The molecule has 0 saturated carbocycles. The first-order valence-corrected chi connectivity index (χ1v) is 9.88. The Hall–Kier alpha value is -3.28. The molecule has 0 fully saturated rings. The number of nitrogens with one attached hydrogen (secondary N) is 3. The Morgan fingerprint density at radius 3 is 2.45 bits per heavy atom. The minimum atomic E-state index is -0.199. The molecule has 2 aromatic rings. The van der Waals surface area contributed by atoms with Crippen LogP contribution in [-0.2, 0) is 9.59 Å². The average Bonchev–Trinajstić information content (AvgIpc) is 2.71. The predicted octanol–water partition coefficient (Wildman–Crippen LogP) is 4.82. The van der Waals surface area contributed by atoms with E-state index in [-0.39, 0.29) is 18.4 Å². The lowest BCUT2D eigenvalue weighted by molar-refractivity contribution is -0.116. The maximum absolute atomic E-state index is 12.3. The molecular weight excluding hydrogens is 366 g/mol. The van der Waals surface area contributed by atoms with Crippen molar-refractivity contribution in [2.24, 2.45) is 0 Å². The summed E-state index contributed by atoms with van der Waals surface area (Å²) in [5.74, 6) is 0.447. The summed E-state index contributed by atoms with van der Waals surface area (Å²) < 4.78 is 5.57. The summed E-state index contributed by atoms with van der Waals surface area (Å²) in [4.78, 5) is 24.3. The first kappa shape index (κ1) is 22.0. The van der Waals surface area contributed by atoms with Gasteiger partial charge < -0.3 is 20.7 Å². The molecule has 0 unspecified atom stereocenters. The van der Waals surface area contributed by atoms with E-state index in [0.717, 1.165) is 24.9 Å². The van der Waals surface area contributed by atoms with Gasteiger partial charge in [-0.15, -0.1) is 0 Å². The van der Waals surface area contributed by atoms with Gasteiger partial charge in [0.2, 0.25) is 11.8 Å². The zero-order valence-corrected chi connectivity index (χ0v) is 16.9. The molecule has 2 amide bonds. The van der Waals surface area contributed by atoms with Crippen molar-refractivity contribution < 1.29 is 14.3 Å². The molecule has 0 aromatic heterocycles. The molecule has 0 saturated heterocycles. The predicted molar refractivity (Wildman–Crippen MR) is 118 cm³/mol. The molecule has 0 aliphatic rings. The van der Waals surface area contributed by atoms with Crippen molar-refractivity contribution in [1.29, 1.82) is 0 Å². The van der Waals surface area contributed by atoms with Crippen LogP contribution in [0.1, 0.15) is 32.6 Å². The first-order chi connectivity index (χ1) is 14.1. The maximum atomic E-state index is 12.3. The van der Waals surface area contributed by atoms with Crippen molar-refractivity contribution in [3.63, 3.8) is 0 Å². The molecule has 6 heteroatoms. The largest absolute Gasteiger partial charge is 0.487 e. The molecule has 29 heavy (non-hydrogen) atoms. The Kier molecular flexibility index (Phi) is 9.29. The number of unbranched alkanes of at least 4 members (excludes halogenated alkanes) is 2. The van der Waals surface area contributed by atoms with Crippen LogP contribution in [0.4, 0.5) is 17.1 Å². The SMILES string of the molecule is C=CCOc1ccccc1NCC(=O)Nc1cccc(NC(=O)CCCCC)c1. The Morgan fingerprint density at radius 1 is 1.00 bits per heavy atom. The van der Waals surface area contributed by atoms with Crippen LogP contribution in [0, 0.1) is 0 Å². The fourth-order valence-corrected chi connectivity index (χ4v) is 2.70. The van der Waals surface area contributed by atoms with Gasteiger partial charge in [-0.3, -0.25) is 9.59 Å². The molecule has 6 nitrogen and oxygen atoms in total. The van der Waals surface area contributed by atoms with Gasteiger partial charge in [0.05, 0.1) is 12.2 Å². The summed E-state index contributed by atoms with van der Waals surface area (Å²) in [7, 11) is 0. The number of benzene rings is 2. The Bertz CT molecular complexity index is 821. The van der Waals surface area contributed by atoms with Crippen molar-refractivity contribution in [2.75, 3.05) is 29.1 Å². The van der Waals surface area contributed by atoms with E-state index in [4.69, 9.17) is 4.74 Å². The van der Waals surface area contributed by atoms with Crippen LogP contribution in [0.15, 0.2) is 61.2 Å². The monoisotopic (exact) mass is 395 g/mol. The standard InChI is InChI=1S/C23H29N3O3/c1-3-5-6-14-22(27)25-18-10-9-11-19(16-18)26-23(28)17-24-20-12-7-8-13-21(20)29-15-4-2/h4,7-13,16,24H,2-3,5-6,14-15,17H2,1H3,(H,25,27)(H,26,28). The third-order valence-corrected chi connectivity index (χ3v) is 4.12. The van der Waals surface area contributed by atoms with Crippen molar-refractivity contribution in [1.82, 2.24) is 0 Å². The van der Waals surface area contributed by atoms with Gasteiger partial charge in [0, 0.05) is 17.8 Å². The lowest BCUT2D eigenvalue weighted by atomic mass is 10.2. The third-order valence-electron chi connectivity index (χ3n) is 4.12. The first-order valence-electron chi connectivity index (χ1n) is 9.88. The molecule has 3 N–H and O–H groups in total. The molecule has 0 spiro atoms. The molecule has 0 aliphatic heterocycles. The number of carbonyl (C=O) groups is 2. The normalized spacial score (nSPS) is 10.1. The molecule has 0 atom stereocenters. The van der Waals surface area contributed by atoms with E-state index in [1.807, 2.05) is 24.3 Å². The van der Waals surface area contributed by atoms with Gasteiger partial charge in [0.1, 0.15) is 12.4 Å². The van der Waals surface area contributed by atoms with E-state index < -0.39 is 0 Å². The highest BCUT2D eigenvalue weighted by Crippen LogP contribution is 2.23. The van der Waals surface area contributed by atoms with Crippen LogP contribution < -0.4 is 20.7 Å². The lowest BCUT2D eigenvalue weighted by Crippen LogP contribution is -2.22. The summed E-state index contributed by atoms with van der Waals surface area (Å²) in [6.45, 7) is 6.21. The van der Waals surface area contributed by atoms with Crippen molar-refractivity contribution >= 4 is 28.9 Å². The van der Waals surface area contributed by atoms with Crippen LogP contribution >= 0.6 is 0 Å². The molecule has 0 radical (unpaired) electrons. The van der Waals surface area contributed by atoms with E-state index in [9.17, 15) is 9.59 Å². The Balaban J connectivity index is 1.86. The fourth-order valence-electron chi connectivity index (χ4n) is 2.70. The smallest absolute Gasteiger partial charge is 0.243 e. The summed E-state index contributed by atoms with van der Waals surface area (Å²) >= 11 is 0. The summed E-state index contributed by atoms with van der Waals surface area (Å²) in [6.07, 6.45) is 5.16. The van der Waals surface area contributed by atoms with Crippen LogP contribution in [0.25, 0.3) is 0 Å². The minimum Gasteiger partial charge on any atom is -0.487 e. The Morgan fingerprint density at radius 2 is 1.72 bits per heavy atom. The second-order valence-corrected chi connectivity index (χ2v) is 6.58. The molecule has 154 valence electrons. The van der Waals surface area contributed by atoms with E-state index in [1.54, 1.807) is 30.3 Å². The number of hydrogen-bond donors (Lipinski definition) is 3. The van der Waals surface area contributed by atoms with Crippen molar-refractivity contribution in [3.8, 4) is 5.75 Å². The molecule has 0 bridgehead atoms. The highest BCUT2D eigenvalue weighted by molar-refractivity contribution is 5.95. The summed E-state index contributed by atoms with van der Waals surface area (Å²) in [5.41, 5.74) is 2.03. The van der Waals surface area contributed by atoms with Crippen LogP contribution in [-0.4, -0.2) is 25.0 Å². The highest BCUT2D eigenvalue weighted by Gasteiger charge is 2.07. The second kappa shape index (κ2) is 12.2. The van der Waals surface area contributed by atoms with Crippen LogP contribution in [0.3, 0.4) is 0 Å². The van der Waals surface area contributed by atoms with Gasteiger partial charge in [-0.05, 0) is 36.8 Å². The quantitative estimate of drug-likeness (QED) is 0.356. The van der Waals surface area contributed by atoms with Gasteiger partial charge in [-0.1, -0.05) is 50.6 Å². The highest BCUT2D eigenvalue weighted by atomic mass is 16.5. The molecule has 0 aliphatic carbocycles. The van der Waals surface area contributed by atoms with E-state index >= 15 is 0 Å². The zero-order chi connectivity index (χ0) is 20.9. The number of ether oxygens (including phenoxy) is 1. The van der Waals surface area contributed by atoms with Crippen LogP contribution in [0.2, 0.25) is 0 Å². The summed E-state index contributed by atoms with van der Waals surface area (Å²) in [6, 6.07) is 14.5. The van der Waals surface area contributed by atoms with Crippen LogP contribution in [0.5, 0.6) is 5.75 Å². The van der Waals surface area contributed by atoms with Gasteiger partial charge in [0.15, 0.2) is 0 Å². The molecular formula is C23H29N3O3. The number of hydrogen-bond acceptors (Lipinski definition) is 4. The van der Waals surface area contributed by atoms with Gasteiger partial charge in [0.25, 0.3) is 0 Å². The number of carbonyl (C=O) groups excluding carboxylic acids is 2. The average molecular weight is 396 g/mol. The van der Waals surface area contributed by atoms with Gasteiger partial charge >= 0.3 is 0 Å². The molecule has 0 heterocycles. The minimum absolute atomic E-state index is 0.0141. The molecule has 2 aromatic carbocycles. The number of rotatable bonds is 12. The van der Waals surface area contributed by atoms with Gasteiger partial charge in [-0.2, -0.15) is 0 Å². The zero-order valence-electron chi connectivity index (χ0n) is 16.9. The van der Waals surface area contributed by atoms with Crippen molar-refractivity contribution in [3.05, 3.63) is 61.2 Å². The summed E-state index contributed by atoms with van der Waals surface area (Å²) in [5, 5.41) is 8.78. The number of amides is 2. The van der Waals surface area contributed by atoms with Gasteiger partial charge in [-0.25, -0.2) is 0 Å². The maximum Gasteiger partial charge on any atom is 0.243 e.